The van der Waals surface area contributed by atoms with Gasteiger partial charge in [-0.2, -0.15) is 0 Å². The van der Waals surface area contributed by atoms with Gasteiger partial charge in [-0.25, -0.2) is 0 Å². The fourth-order valence-corrected chi connectivity index (χ4v) is 1.02. The Kier molecular flexibility index (Phi) is 6.57. The second-order valence-electron chi connectivity index (χ2n) is 3.17. The van der Waals surface area contributed by atoms with Crippen LogP contribution in [0.2, 0.25) is 0 Å². The van der Waals surface area contributed by atoms with E-state index in [1.807, 2.05) is 0 Å². The summed E-state index contributed by atoms with van der Waals surface area (Å²) in [6.45, 7) is 4.58. The van der Waals surface area contributed by atoms with Crippen molar-refractivity contribution in [3.63, 3.8) is 0 Å². The molecule has 0 fully saturated rings. The predicted octanol–water partition coefficient (Wildman–Crippen LogP) is 1.98. The highest BCUT2D eigenvalue weighted by Crippen LogP contribution is 2.19. The average Bonchev–Trinajstić information content (AvgIpc) is 1.97. The summed E-state index contributed by atoms with van der Waals surface area (Å²) in [4.78, 5) is 0. The molecule has 1 radical (unpaired) electrons. The lowest BCUT2D eigenvalue weighted by Gasteiger charge is -2.15. The first kappa shape index (κ1) is 10.9. The molecule has 0 aliphatic rings. The van der Waals surface area contributed by atoms with Crippen molar-refractivity contribution in [3.05, 3.63) is 6.10 Å². The van der Waals surface area contributed by atoms with Crippen molar-refractivity contribution in [1.82, 2.24) is 0 Å². The first-order chi connectivity index (χ1) is 5.20. The van der Waals surface area contributed by atoms with Gasteiger partial charge in [0.2, 0.25) is 0 Å². The molecular weight excluding hydrogens is 140 g/mol. The zero-order valence-corrected chi connectivity index (χ0v) is 7.76. The van der Waals surface area contributed by atoms with Crippen LogP contribution in [0.5, 0.6) is 0 Å². The molecule has 67 valence electrons. The van der Waals surface area contributed by atoms with Crippen LogP contribution in [-0.2, 0) is 4.74 Å². The van der Waals surface area contributed by atoms with E-state index >= 15 is 0 Å². The SMILES string of the molecule is CO[C](CCCO)CC(C)C. The highest BCUT2D eigenvalue weighted by atomic mass is 16.5. The standard InChI is InChI=1S/C9H19O2/c1-8(2)7-9(11-3)5-4-6-10/h8,10H,4-7H2,1-3H3. The van der Waals surface area contributed by atoms with E-state index in [-0.39, 0.29) is 6.61 Å². The van der Waals surface area contributed by atoms with Gasteiger partial charge >= 0.3 is 0 Å². The number of methoxy groups -OCH3 is 1. The van der Waals surface area contributed by atoms with Crippen LogP contribution in [0.1, 0.15) is 33.1 Å². The van der Waals surface area contributed by atoms with E-state index in [4.69, 9.17) is 9.84 Å². The monoisotopic (exact) mass is 159 g/mol. The zero-order valence-electron chi connectivity index (χ0n) is 7.76. The highest BCUT2D eigenvalue weighted by Gasteiger charge is 2.09. The van der Waals surface area contributed by atoms with Crippen molar-refractivity contribution in [1.29, 1.82) is 0 Å². The first-order valence-electron chi connectivity index (χ1n) is 4.20. The molecule has 2 nitrogen and oxygen atoms in total. The molecule has 0 saturated heterocycles. The third-order valence-electron chi connectivity index (χ3n) is 1.54. The van der Waals surface area contributed by atoms with Crippen molar-refractivity contribution < 1.29 is 9.84 Å². The lowest BCUT2D eigenvalue weighted by Crippen LogP contribution is -2.05. The van der Waals surface area contributed by atoms with E-state index in [1.54, 1.807) is 7.11 Å². The number of ether oxygens (including phenoxy) is 1. The lowest BCUT2D eigenvalue weighted by atomic mass is 10.0. The maximum atomic E-state index is 8.58. The first-order valence-corrected chi connectivity index (χ1v) is 4.20. The number of hydrogen-bond acceptors (Lipinski definition) is 2. The van der Waals surface area contributed by atoms with Gasteiger partial charge in [0.1, 0.15) is 0 Å². The fourth-order valence-electron chi connectivity index (χ4n) is 1.02. The second-order valence-corrected chi connectivity index (χ2v) is 3.17. The number of aliphatic hydroxyl groups is 1. The third-order valence-corrected chi connectivity index (χ3v) is 1.54. The zero-order chi connectivity index (χ0) is 8.69. The van der Waals surface area contributed by atoms with E-state index in [0.29, 0.717) is 5.92 Å². The molecule has 0 spiro atoms. The molecule has 0 unspecified atom stereocenters. The Bertz CT molecular complexity index is 81.6. The van der Waals surface area contributed by atoms with E-state index in [1.165, 1.54) is 0 Å². The smallest absolute Gasteiger partial charge is 0.0970 e. The second kappa shape index (κ2) is 6.62. The van der Waals surface area contributed by atoms with Gasteiger partial charge in [-0.15, -0.1) is 0 Å². The van der Waals surface area contributed by atoms with Gasteiger partial charge < -0.3 is 9.84 Å². The van der Waals surface area contributed by atoms with Crippen LogP contribution in [0.25, 0.3) is 0 Å². The Labute approximate surface area is 69.6 Å². The summed E-state index contributed by atoms with van der Waals surface area (Å²) in [6, 6.07) is 0. The Balaban J connectivity index is 3.41. The van der Waals surface area contributed by atoms with E-state index in [9.17, 15) is 0 Å². The van der Waals surface area contributed by atoms with Crippen molar-refractivity contribution in [2.75, 3.05) is 13.7 Å². The summed E-state index contributed by atoms with van der Waals surface area (Å²) in [5.74, 6) is 0.642. The predicted molar refractivity (Wildman–Crippen MR) is 46.0 cm³/mol. The topological polar surface area (TPSA) is 29.5 Å². The maximum absolute atomic E-state index is 8.58. The van der Waals surface area contributed by atoms with Gasteiger partial charge in [-0.3, -0.25) is 0 Å². The summed E-state index contributed by atoms with van der Waals surface area (Å²) >= 11 is 0. The van der Waals surface area contributed by atoms with Gasteiger partial charge in [-0.1, -0.05) is 13.8 Å². The quantitative estimate of drug-likeness (QED) is 0.642. The fraction of sp³-hybridized carbons (Fsp3) is 0.889. The molecule has 0 bridgehead atoms. The van der Waals surface area contributed by atoms with E-state index in [2.05, 4.69) is 13.8 Å². The van der Waals surface area contributed by atoms with Crippen molar-refractivity contribution in [2.45, 2.75) is 33.1 Å². The molecule has 2 heteroatoms. The minimum absolute atomic E-state index is 0.255. The molecule has 0 amide bonds. The maximum Gasteiger partial charge on any atom is 0.0970 e. The van der Waals surface area contributed by atoms with Gasteiger partial charge in [-0.05, 0) is 25.2 Å². The largest absolute Gasteiger partial charge is 0.396 e. The average molecular weight is 159 g/mol. The molecule has 0 atom stereocenters. The molecule has 0 aliphatic heterocycles. The van der Waals surface area contributed by atoms with Crippen LogP contribution in [-0.4, -0.2) is 18.8 Å². The molecule has 0 aromatic rings. The molecular formula is C9H19O2. The van der Waals surface area contributed by atoms with Crippen LogP contribution in [0.3, 0.4) is 0 Å². The van der Waals surface area contributed by atoms with Crippen molar-refractivity contribution in [3.8, 4) is 0 Å². The molecule has 0 heterocycles. The Hall–Kier alpha value is -0.0800. The van der Waals surface area contributed by atoms with E-state index in [0.717, 1.165) is 25.4 Å². The minimum atomic E-state index is 0.255. The summed E-state index contributed by atoms with van der Waals surface area (Å²) in [5, 5.41) is 8.58. The molecule has 0 saturated carbocycles. The summed E-state index contributed by atoms with van der Waals surface area (Å²) in [7, 11) is 1.70. The molecule has 0 rings (SSSR count). The molecule has 0 aromatic carbocycles. The van der Waals surface area contributed by atoms with Crippen molar-refractivity contribution >= 4 is 0 Å². The number of hydrogen-bond donors (Lipinski definition) is 1. The Morgan fingerprint density at radius 3 is 2.45 bits per heavy atom. The molecule has 0 aromatic heterocycles. The van der Waals surface area contributed by atoms with Crippen molar-refractivity contribution in [2.24, 2.45) is 5.92 Å². The lowest BCUT2D eigenvalue weighted by molar-refractivity contribution is 0.162. The summed E-state index contributed by atoms with van der Waals surface area (Å²) in [6.07, 6.45) is 3.83. The third kappa shape index (κ3) is 6.32. The van der Waals surface area contributed by atoms with Crippen LogP contribution in [0.4, 0.5) is 0 Å². The Morgan fingerprint density at radius 1 is 1.45 bits per heavy atom. The normalized spacial score (nSPS) is 11.5. The van der Waals surface area contributed by atoms with Gasteiger partial charge in [0.05, 0.1) is 6.10 Å². The number of rotatable bonds is 6. The van der Waals surface area contributed by atoms with E-state index < -0.39 is 0 Å². The Morgan fingerprint density at radius 2 is 2.09 bits per heavy atom. The summed E-state index contributed by atoms with van der Waals surface area (Å²) in [5.41, 5.74) is 0. The minimum Gasteiger partial charge on any atom is -0.396 e. The van der Waals surface area contributed by atoms with Crippen LogP contribution in [0.15, 0.2) is 0 Å². The van der Waals surface area contributed by atoms with Crippen LogP contribution >= 0.6 is 0 Å². The molecule has 1 N–H and O–H groups in total. The van der Waals surface area contributed by atoms with Gasteiger partial charge in [0.25, 0.3) is 0 Å². The number of aliphatic hydroxyl groups excluding tert-OH is 1. The van der Waals surface area contributed by atoms with Crippen LogP contribution < -0.4 is 0 Å². The van der Waals surface area contributed by atoms with Gasteiger partial charge in [0.15, 0.2) is 0 Å². The van der Waals surface area contributed by atoms with Gasteiger partial charge in [0, 0.05) is 13.7 Å². The molecule has 11 heavy (non-hydrogen) atoms. The van der Waals surface area contributed by atoms with Crippen LogP contribution in [0, 0.1) is 12.0 Å². The molecule has 0 aliphatic carbocycles. The highest BCUT2D eigenvalue weighted by molar-refractivity contribution is 4.78. The summed E-state index contributed by atoms with van der Waals surface area (Å²) < 4.78 is 5.17.